The molecule has 1 heterocycles. The second-order valence-electron chi connectivity index (χ2n) is 6.85. The van der Waals surface area contributed by atoms with E-state index in [0.717, 1.165) is 26.2 Å². The van der Waals surface area contributed by atoms with Crippen LogP contribution in [-0.4, -0.2) is 66.9 Å². The predicted octanol–water partition coefficient (Wildman–Crippen LogP) is 1.76. The number of nitrogens with two attached hydrogens (primary N) is 1. The van der Waals surface area contributed by atoms with Gasteiger partial charge in [-0.05, 0) is 16.3 Å². The Balaban J connectivity index is 1.78. The largest absolute Gasteiger partial charge is 0.468 e. The topological polar surface area (TPSA) is 58.8 Å². The highest BCUT2D eigenvalue weighted by molar-refractivity contribution is 7.80. The van der Waals surface area contributed by atoms with E-state index in [9.17, 15) is 4.79 Å². The molecule has 140 valence electrons. The molecule has 5 nitrogen and oxygen atoms in total. The first-order valence-electron chi connectivity index (χ1n) is 8.99. The first-order valence-corrected chi connectivity index (χ1v) is 9.63. The molecule has 2 aromatic carbocycles. The number of ether oxygens (including phenoxy) is 1. The predicted molar refractivity (Wildman–Crippen MR) is 108 cm³/mol. The molecule has 2 N–H and O–H groups in total. The number of hydrogen-bond donors (Lipinski definition) is 2. The van der Waals surface area contributed by atoms with Gasteiger partial charge in [-0.15, -0.1) is 0 Å². The van der Waals surface area contributed by atoms with Crippen molar-refractivity contribution in [1.82, 2.24) is 9.80 Å². The number of hydrogen-bond acceptors (Lipinski definition) is 6. The molecule has 0 spiro atoms. The van der Waals surface area contributed by atoms with Gasteiger partial charge in [0.1, 0.15) is 6.04 Å². The number of rotatable bonds is 6. The summed E-state index contributed by atoms with van der Waals surface area (Å²) in [4.78, 5) is 16.9. The highest BCUT2D eigenvalue weighted by Crippen LogP contribution is 2.22. The van der Waals surface area contributed by atoms with E-state index >= 15 is 0 Å². The van der Waals surface area contributed by atoms with E-state index in [0.29, 0.717) is 12.3 Å². The SMILES string of the molecule is COC(=O)C1CN(C[C@@H](N)CS)CCN1Cc1cccc2ccccc12. The van der Waals surface area contributed by atoms with Crippen LogP contribution in [0.25, 0.3) is 10.8 Å². The van der Waals surface area contributed by atoms with Gasteiger partial charge in [0.2, 0.25) is 0 Å². The van der Waals surface area contributed by atoms with Crippen LogP contribution < -0.4 is 5.73 Å². The molecule has 3 rings (SSSR count). The third kappa shape index (κ3) is 4.38. The molecule has 0 radical (unpaired) electrons. The van der Waals surface area contributed by atoms with Crippen LogP contribution in [0.2, 0.25) is 0 Å². The van der Waals surface area contributed by atoms with Gasteiger partial charge in [-0.3, -0.25) is 14.6 Å². The summed E-state index contributed by atoms with van der Waals surface area (Å²) in [6.45, 7) is 3.81. The molecule has 2 aromatic rings. The van der Waals surface area contributed by atoms with Gasteiger partial charge in [0.15, 0.2) is 0 Å². The van der Waals surface area contributed by atoms with Gasteiger partial charge in [-0.25, -0.2) is 0 Å². The number of fused-ring (bicyclic) bond motifs is 1. The molecule has 26 heavy (non-hydrogen) atoms. The lowest BCUT2D eigenvalue weighted by Crippen LogP contribution is -2.58. The molecule has 0 amide bonds. The van der Waals surface area contributed by atoms with E-state index in [4.69, 9.17) is 10.5 Å². The summed E-state index contributed by atoms with van der Waals surface area (Å²) in [6, 6.07) is 14.4. The Kier molecular flexibility index (Phi) is 6.53. The normalized spacial score (nSPS) is 20.2. The summed E-state index contributed by atoms with van der Waals surface area (Å²) >= 11 is 4.26. The monoisotopic (exact) mass is 373 g/mol. The summed E-state index contributed by atoms with van der Waals surface area (Å²) in [5.41, 5.74) is 7.26. The molecule has 0 aliphatic carbocycles. The van der Waals surface area contributed by atoms with Crippen molar-refractivity contribution in [2.75, 3.05) is 39.0 Å². The minimum atomic E-state index is -0.278. The maximum atomic E-state index is 12.4. The van der Waals surface area contributed by atoms with Gasteiger partial charge in [0.05, 0.1) is 7.11 Å². The van der Waals surface area contributed by atoms with Gasteiger partial charge in [0.25, 0.3) is 0 Å². The fraction of sp³-hybridized carbons (Fsp3) is 0.450. The molecular formula is C20H27N3O2S. The molecule has 1 fully saturated rings. The van der Waals surface area contributed by atoms with Crippen LogP contribution >= 0.6 is 12.6 Å². The first kappa shape index (κ1) is 19.2. The fourth-order valence-corrected chi connectivity index (χ4v) is 3.75. The summed E-state index contributed by atoms with van der Waals surface area (Å²) in [7, 11) is 1.46. The number of thiol groups is 1. The van der Waals surface area contributed by atoms with E-state index in [-0.39, 0.29) is 18.1 Å². The Morgan fingerprint density at radius 2 is 2.04 bits per heavy atom. The zero-order chi connectivity index (χ0) is 18.5. The van der Waals surface area contributed by atoms with Crippen LogP contribution in [-0.2, 0) is 16.1 Å². The van der Waals surface area contributed by atoms with Gasteiger partial charge in [-0.1, -0.05) is 42.5 Å². The average Bonchev–Trinajstić information content (AvgIpc) is 2.68. The third-order valence-electron chi connectivity index (χ3n) is 5.03. The minimum Gasteiger partial charge on any atom is -0.468 e. The van der Waals surface area contributed by atoms with Crippen molar-refractivity contribution in [3.8, 4) is 0 Å². The van der Waals surface area contributed by atoms with E-state index in [1.54, 1.807) is 0 Å². The standard InChI is InChI=1S/C20H27N3O2S/c1-25-20(24)19-13-22(12-17(21)14-26)9-10-23(19)11-16-7-4-6-15-5-2-3-8-18(15)16/h2-8,17,19,26H,9-14,21H2,1H3/t17-,19?/m1/s1. The van der Waals surface area contributed by atoms with Crippen LogP contribution in [0.3, 0.4) is 0 Å². The zero-order valence-electron chi connectivity index (χ0n) is 15.2. The molecule has 1 aliphatic rings. The highest BCUT2D eigenvalue weighted by Gasteiger charge is 2.33. The number of esters is 1. The molecule has 6 heteroatoms. The minimum absolute atomic E-state index is 0.0150. The summed E-state index contributed by atoms with van der Waals surface area (Å²) < 4.78 is 5.07. The smallest absolute Gasteiger partial charge is 0.324 e. The van der Waals surface area contributed by atoms with Gasteiger partial charge >= 0.3 is 5.97 Å². The zero-order valence-corrected chi connectivity index (χ0v) is 16.1. The maximum absolute atomic E-state index is 12.4. The van der Waals surface area contributed by atoms with Crippen LogP contribution in [0.4, 0.5) is 0 Å². The molecule has 1 unspecified atom stereocenters. The van der Waals surface area contributed by atoms with Crippen molar-refractivity contribution in [3.05, 3.63) is 48.0 Å². The molecule has 2 atom stereocenters. The molecule has 0 bridgehead atoms. The van der Waals surface area contributed by atoms with E-state index in [1.165, 1.54) is 23.4 Å². The molecule has 1 saturated heterocycles. The lowest BCUT2D eigenvalue weighted by atomic mass is 10.0. The van der Waals surface area contributed by atoms with E-state index in [2.05, 4.69) is 58.8 Å². The van der Waals surface area contributed by atoms with Crippen molar-refractivity contribution < 1.29 is 9.53 Å². The lowest BCUT2D eigenvalue weighted by Gasteiger charge is -2.40. The Morgan fingerprint density at radius 1 is 1.27 bits per heavy atom. The van der Waals surface area contributed by atoms with Crippen molar-refractivity contribution in [2.45, 2.75) is 18.6 Å². The van der Waals surface area contributed by atoms with E-state index in [1.807, 2.05) is 6.07 Å². The van der Waals surface area contributed by atoms with Crippen LogP contribution in [0, 0.1) is 0 Å². The second-order valence-corrected chi connectivity index (χ2v) is 7.22. The summed E-state index contributed by atoms with van der Waals surface area (Å²) in [5, 5.41) is 2.45. The quantitative estimate of drug-likeness (QED) is 0.597. The van der Waals surface area contributed by atoms with Gasteiger partial charge in [-0.2, -0.15) is 12.6 Å². The molecule has 0 saturated carbocycles. The third-order valence-corrected chi connectivity index (χ3v) is 5.50. The van der Waals surface area contributed by atoms with Gasteiger partial charge in [0, 0.05) is 44.5 Å². The van der Waals surface area contributed by atoms with E-state index < -0.39 is 0 Å². The van der Waals surface area contributed by atoms with Crippen LogP contribution in [0.5, 0.6) is 0 Å². The number of piperazine rings is 1. The Hall–Kier alpha value is -1.60. The Labute approximate surface area is 160 Å². The summed E-state index contributed by atoms with van der Waals surface area (Å²) in [6.07, 6.45) is 0. The summed E-state index contributed by atoms with van der Waals surface area (Å²) in [5.74, 6) is 0.452. The van der Waals surface area contributed by atoms with Crippen molar-refractivity contribution in [1.29, 1.82) is 0 Å². The number of carbonyl (C=O) groups excluding carboxylic acids is 1. The Morgan fingerprint density at radius 3 is 2.81 bits per heavy atom. The van der Waals surface area contributed by atoms with Crippen molar-refractivity contribution >= 4 is 29.4 Å². The van der Waals surface area contributed by atoms with Crippen LogP contribution in [0.15, 0.2) is 42.5 Å². The Bertz CT molecular complexity index is 749. The number of carbonyl (C=O) groups is 1. The number of benzene rings is 2. The van der Waals surface area contributed by atoms with Crippen LogP contribution in [0.1, 0.15) is 5.56 Å². The molecule has 1 aliphatic heterocycles. The van der Waals surface area contributed by atoms with Crippen molar-refractivity contribution in [2.24, 2.45) is 5.73 Å². The number of methoxy groups -OCH3 is 1. The fourth-order valence-electron chi connectivity index (χ4n) is 3.63. The number of nitrogens with zero attached hydrogens (tertiary/aromatic N) is 2. The average molecular weight is 374 g/mol. The molecular weight excluding hydrogens is 346 g/mol. The molecule has 0 aromatic heterocycles. The highest BCUT2D eigenvalue weighted by atomic mass is 32.1. The van der Waals surface area contributed by atoms with Gasteiger partial charge < -0.3 is 10.5 Å². The maximum Gasteiger partial charge on any atom is 0.324 e. The second kappa shape index (κ2) is 8.86. The lowest BCUT2D eigenvalue weighted by molar-refractivity contribution is -0.150. The van der Waals surface area contributed by atoms with Crippen molar-refractivity contribution in [3.63, 3.8) is 0 Å². The first-order chi connectivity index (χ1) is 12.6.